The summed E-state index contributed by atoms with van der Waals surface area (Å²) in [7, 11) is 0. The third-order valence-corrected chi connectivity index (χ3v) is 6.07. The number of anilines is 3. The quantitative estimate of drug-likeness (QED) is 0.511. The summed E-state index contributed by atoms with van der Waals surface area (Å²) < 4.78 is 1.64. The summed E-state index contributed by atoms with van der Waals surface area (Å²) in [5, 5.41) is 8.31. The fourth-order valence-corrected chi connectivity index (χ4v) is 4.26. The Morgan fingerprint density at radius 1 is 0.970 bits per heavy atom. The summed E-state index contributed by atoms with van der Waals surface area (Å²) in [5.74, 6) is 0.735. The minimum Gasteiger partial charge on any atom is -0.368 e. The molecule has 0 atom stereocenters. The highest BCUT2D eigenvalue weighted by atomic mass is 16.2. The van der Waals surface area contributed by atoms with Crippen LogP contribution in [-0.2, 0) is 11.3 Å². The van der Waals surface area contributed by atoms with Gasteiger partial charge >= 0.3 is 0 Å². The van der Waals surface area contributed by atoms with Crippen LogP contribution < -0.4 is 15.1 Å². The van der Waals surface area contributed by atoms with Gasteiger partial charge < -0.3 is 15.1 Å². The van der Waals surface area contributed by atoms with E-state index in [1.165, 1.54) is 5.69 Å². The van der Waals surface area contributed by atoms with Crippen LogP contribution in [0.3, 0.4) is 0 Å². The standard InChI is InChI=1S/C25H27N7O/c1-18-8-9-19(2)22(14-18)29-23(33)16-32-25-21(15-28-32)24(26-17-27-25)31-12-10-30(11-13-31)20-6-4-3-5-7-20/h3-9,14-15,17H,10-13,16H2,1-2H3,(H,29,33). The fourth-order valence-electron chi connectivity index (χ4n) is 4.26. The lowest BCUT2D eigenvalue weighted by Gasteiger charge is -2.36. The van der Waals surface area contributed by atoms with Crippen LogP contribution in [0.1, 0.15) is 11.1 Å². The second-order valence-electron chi connectivity index (χ2n) is 8.41. The highest BCUT2D eigenvalue weighted by Gasteiger charge is 2.22. The van der Waals surface area contributed by atoms with Gasteiger partial charge in [0.1, 0.15) is 18.7 Å². The number of hydrogen-bond acceptors (Lipinski definition) is 6. The molecule has 4 aromatic rings. The smallest absolute Gasteiger partial charge is 0.246 e. The molecule has 2 aromatic carbocycles. The molecule has 0 aliphatic carbocycles. The lowest BCUT2D eigenvalue weighted by atomic mass is 10.1. The molecule has 8 nitrogen and oxygen atoms in total. The number of piperazine rings is 1. The largest absolute Gasteiger partial charge is 0.368 e. The van der Waals surface area contributed by atoms with Gasteiger partial charge in [-0.25, -0.2) is 14.6 Å². The Balaban J connectivity index is 1.30. The van der Waals surface area contributed by atoms with Gasteiger partial charge in [-0.15, -0.1) is 0 Å². The number of carbonyl (C=O) groups excluding carboxylic acids is 1. The molecule has 0 bridgehead atoms. The van der Waals surface area contributed by atoms with Crippen LogP contribution in [0.4, 0.5) is 17.2 Å². The Kier molecular flexibility index (Phi) is 5.64. The van der Waals surface area contributed by atoms with Crippen molar-refractivity contribution >= 4 is 34.1 Å². The molecule has 8 heteroatoms. The van der Waals surface area contributed by atoms with E-state index in [4.69, 9.17) is 0 Å². The van der Waals surface area contributed by atoms with Crippen LogP contribution >= 0.6 is 0 Å². The first-order valence-corrected chi connectivity index (χ1v) is 11.2. The predicted octanol–water partition coefficient (Wildman–Crippen LogP) is 3.41. The molecular formula is C25H27N7O. The molecule has 1 aliphatic heterocycles. The van der Waals surface area contributed by atoms with E-state index in [1.54, 1.807) is 17.2 Å². The van der Waals surface area contributed by atoms with Gasteiger partial charge in [0.25, 0.3) is 0 Å². The number of hydrogen-bond donors (Lipinski definition) is 1. The molecule has 1 fully saturated rings. The molecule has 168 valence electrons. The molecule has 3 heterocycles. The molecule has 1 aliphatic rings. The number of fused-ring (bicyclic) bond motifs is 1. The summed E-state index contributed by atoms with van der Waals surface area (Å²) in [5.41, 5.74) is 4.86. The van der Waals surface area contributed by atoms with Gasteiger partial charge in [-0.1, -0.05) is 30.3 Å². The molecule has 5 rings (SSSR count). The Bertz CT molecular complexity index is 1280. The van der Waals surface area contributed by atoms with Crippen molar-refractivity contribution in [2.45, 2.75) is 20.4 Å². The lowest BCUT2D eigenvalue weighted by molar-refractivity contribution is -0.116. The Hall–Kier alpha value is -3.94. The van der Waals surface area contributed by atoms with Crippen LogP contribution in [0.2, 0.25) is 0 Å². The lowest BCUT2D eigenvalue weighted by Crippen LogP contribution is -2.46. The third-order valence-electron chi connectivity index (χ3n) is 6.07. The maximum Gasteiger partial charge on any atom is 0.246 e. The van der Waals surface area contributed by atoms with Crippen LogP contribution in [0.25, 0.3) is 11.0 Å². The van der Waals surface area contributed by atoms with Crippen LogP contribution in [0.15, 0.2) is 61.1 Å². The van der Waals surface area contributed by atoms with Crippen molar-refractivity contribution in [2.24, 2.45) is 0 Å². The van der Waals surface area contributed by atoms with E-state index in [9.17, 15) is 4.79 Å². The van der Waals surface area contributed by atoms with Crippen molar-refractivity contribution in [1.82, 2.24) is 19.7 Å². The average molecular weight is 442 g/mol. The summed E-state index contributed by atoms with van der Waals surface area (Å²) >= 11 is 0. The van der Waals surface area contributed by atoms with E-state index in [1.807, 2.05) is 38.1 Å². The van der Waals surface area contributed by atoms with Gasteiger partial charge in [-0.05, 0) is 43.2 Å². The number of benzene rings is 2. The average Bonchev–Trinajstić information content (AvgIpc) is 3.25. The van der Waals surface area contributed by atoms with E-state index in [-0.39, 0.29) is 12.5 Å². The molecule has 0 spiro atoms. The highest BCUT2D eigenvalue weighted by molar-refractivity contribution is 5.93. The molecule has 0 radical (unpaired) electrons. The zero-order valence-corrected chi connectivity index (χ0v) is 18.9. The van der Waals surface area contributed by atoms with Gasteiger partial charge in [0, 0.05) is 37.6 Å². The number of para-hydroxylation sites is 1. The molecule has 33 heavy (non-hydrogen) atoms. The monoisotopic (exact) mass is 441 g/mol. The number of nitrogens with zero attached hydrogens (tertiary/aromatic N) is 6. The number of nitrogens with one attached hydrogen (secondary N) is 1. The Labute approximate surface area is 192 Å². The second-order valence-corrected chi connectivity index (χ2v) is 8.41. The molecule has 1 saturated heterocycles. The summed E-state index contributed by atoms with van der Waals surface area (Å²) in [4.78, 5) is 26.3. The molecule has 2 aromatic heterocycles. The number of aromatic nitrogens is 4. The van der Waals surface area contributed by atoms with Crippen molar-refractivity contribution in [1.29, 1.82) is 0 Å². The normalized spacial score (nSPS) is 14.0. The third kappa shape index (κ3) is 4.37. The minimum atomic E-state index is -0.134. The Morgan fingerprint density at radius 2 is 1.73 bits per heavy atom. The fraction of sp³-hybridized carbons (Fsp3) is 0.280. The number of aryl methyl sites for hydroxylation is 2. The molecule has 0 unspecified atom stereocenters. The van der Waals surface area contributed by atoms with Crippen molar-refractivity contribution in [2.75, 3.05) is 41.3 Å². The van der Waals surface area contributed by atoms with Crippen LogP contribution in [-0.4, -0.2) is 51.8 Å². The van der Waals surface area contributed by atoms with Crippen molar-refractivity contribution in [3.63, 3.8) is 0 Å². The molecular weight excluding hydrogens is 414 g/mol. The molecule has 1 amide bonds. The number of rotatable bonds is 5. The van der Waals surface area contributed by atoms with Crippen molar-refractivity contribution in [3.8, 4) is 0 Å². The van der Waals surface area contributed by atoms with E-state index in [0.29, 0.717) is 5.65 Å². The number of carbonyl (C=O) groups is 1. The summed E-state index contributed by atoms with van der Waals surface area (Å²) in [6.45, 7) is 7.64. The topological polar surface area (TPSA) is 79.2 Å². The van der Waals surface area contributed by atoms with E-state index in [2.05, 4.69) is 54.4 Å². The molecule has 0 saturated carbocycles. The van der Waals surface area contributed by atoms with Gasteiger partial charge in [0.15, 0.2) is 5.65 Å². The first kappa shape index (κ1) is 20.9. The number of amides is 1. The minimum absolute atomic E-state index is 0.0924. The maximum atomic E-state index is 12.7. The van der Waals surface area contributed by atoms with E-state index < -0.39 is 0 Å². The van der Waals surface area contributed by atoms with Gasteiger partial charge in [0.05, 0.1) is 11.6 Å². The van der Waals surface area contributed by atoms with Gasteiger partial charge in [0.2, 0.25) is 5.91 Å². The predicted molar refractivity (Wildman–Crippen MR) is 131 cm³/mol. The zero-order chi connectivity index (χ0) is 22.8. The van der Waals surface area contributed by atoms with E-state index in [0.717, 1.165) is 54.2 Å². The zero-order valence-electron chi connectivity index (χ0n) is 18.9. The summed E-state index contributed by atoms with van der Waals surface area (Å²) in [6, 6.07) is 16.5. The van der Waals surface area contributed by atoms with Gasteiger partial charge in [-0.2, -0.15) is 5.10 Å². The maximum absolute atomic E-state index is 12.7. The van der Waals surface area contributed by atoms with E-state index >= 15 is 0 Å². The van der Waals surface area contributed by atoms with Crippen molar-refractivity contribution in [3.05, 3.63) is 72.2 Å². The summed E-state index contributed by atoms with van der Waals surface area (Å²) in [6.07, 6.45) is 3.32. The van der Waals surface area contributed by atoms with Gasteiger partial charge in [-0.3, -0.25) is 4.79 Å². The Morgan fingerprint density at radius 3 is 2.52 bits per heavy atom. The van der Waals surface area contributed by atoms with Crippen LogP contribution in [0.5, 0.6) is 0 Å². The SMILES string of the molecule is Cc1ccc(C)c(NC(=O)Cn2ncc3c(N4CCN(c5ccccc5)CC4)ncnc32)c1. The first-order chi connectivity index (χ1) is 16.1. The highest BCUT2D eigenvalue weighted by Crippen LogP contribution is 2.25. The first-order valence-electron chi connectivity index (χ1n) is 11.2. The van der Waals surface area contributed by atoms with Crippen molar-refractivity contribution < 1.29 is 4.79 Å². The second kappa shape index (κ2) is 8.90. The molecule has 1 N–H and O–H groups in total. The van der Waals surface area contributed by atoms with Crippen LogP contribution in [0, 0.1) is 13.8 Å².